The highest BCUT2D eigenvalue weighted by molar-refractivity contribution is 6.17. The van der Waals surface area contributed by atoms with Crippen LogP contribution >= 0.6 is 11.6 Å². The van der Waals surface area contributed by atoms with Crippen LogP contribution < -0.4 is 5.32 Å². The van der Waals surface area contributed by atoms with Crippen molar-refractivity contribution < 1.29 is 13.9 Å². The maximum atomic E-state index is 13.2. The van der Waals surface area contributed by atoms with Gasteiger partial charge in [-0.1, -0.05) is 12.1 Å². The zero-order chi connectivity index (χ0) is 12.5. The fraction of sp³-hybridized carbons (Fsp3) is 0.417. The average Bonchev–Trinajstić information content (AvgIpc) is 2.34. The molecular weight excluding hydrogens is 245 g/mol. The first-order chi connectivity index (χ1) is 8.25. The van der Waals surface area contributed by atoms with Gasteiger partial charge in [0.15, 0.2) is 0 Å². The van der Waals surface area contributed by atoms with Crippen LogP contribution in [0.25, 0.3) is 0 Å². The molecule has 17 heavy (non-hydrogen) atoms. The summed E-state index contributed by atoms with van der Waals surface area (Å²) in [5.74, 6) is -0.453. The molecule has 5 heteroatoms. The molecule has 0 aliphatic rings. The standard InChI is InChI=1S/C12H15ClFNO2/c13-6-9-17-8-3-7-15-12(16)10-4-1-2-5-11(10)14/h1-2,4-5H,3,6-9H2,(H,15,16). The highest BCUT2D eigenvalue weighted by Gasteiger charge is 2.09. The topological polar surface area (TPSA) is 38.3 Å². The van der Waals surface area contributed by atoms with Crippen molar-refractivity contribution in [3.63, 3.8) is 0 Å². The molecule has 3 nitrogen and oxygen atoms in total. The number of rotatable bonds is 7. The summed E-state index contributed by atoms with van der Waals surface area (Å²) in [6, 6.07) is 5.89. The molecule has 1 amide bonds. The molecule has 0 fully saturated rings. The van der Waals surface area contributed by atoms with Crippen LogP contribution in [0.15, 0.2) is 24.3 Å². The predicted octanol–water partition coefficient (Wildman–Crippen LogP) is 2.20. The van der Waals surface area contributed by atoms with Gasteiger partial charge in [-0.2, -0.15) is 0 Å². The van der Waals surface area contributed by atoms with Gasteiger partial charge in [-0.15, -0.1) is 11.6 Å². The number of alkyl halides is 1. The molecule has 0 unspecified atom stereocenters. The Morgan fingerprint density at radius 1 is 1.35 bits per heavy atom. The zero-order valence-corrected chi connectivity index (χ0v) is 10.2. The average molecular weight is 260 g/mol. The summed E-state index contributed by atoms with van der Waals surface area (Å²) in [6.45, 7) is 1.49. The molecule has 1 rings (SSSR count). The highest BCUT2D eigenvalue weighted by atomic mass is 35.5. The van der Waals surface area contributed by atoms with Crippen molar-refractivity contribution in [2.24, 2.45) is 0 Å². The Morgan fingerprint density at radius 3 is 2.82 bits per heavy atom. The van der Waals surface area contributed by atoms with Gasteiger partial charge in [0.05, 0.1) is 12.2 Å². The number of amides is 1. The van der Waals surface area contributed by atoms with Crippen LogP contribution in [-0.4, -0.2) is 31.5 Å². The minimum Gasteiger partial charge on any atom is -0.380 e. The second kappa shape index (κ2) is 8.03. The Kier molecular flexibility index (Phi) is 6.58. The third-order valence-corrected chi connectivity index (χ3v) is 2.25. The number of hydrogen-bond donors (Lipinski definition) is 1. The van der Waals surface area contributed by atoms with Gasteiger partial charge in [0.25, 0.3) is 5.91 Å². The van der Waals surface area contributed by atoms with E-state index in [0.29, 0.717) is 32.1 Å². The largest absolute Gasteiger partial charge is 0.380 e. The normalized spacial score (nSPS) is 10.2. The molecule has 0 saturated carbocycles. The minimum absolute atomic E-state index is 0.0641. The van der Waals surface area contributed by atoms with Gasteiger partial charge < -0.3 is 10.1 Å². The molecule has 94 valence electrons. The van der Waals surface area contributed by atoms with Crippen molar-refractivity contribution in [1.82, 2.24) is 5.32 Å². The molecular formula is C12H15ClFNO2. The minimum atomic E-state index is -0.511. The van der Waals surface area contributed by atoms with Crippen molar-refractivity contribution in [2.45, 2.75) is 6.42 Å². The number of nitrogens with one attached hydrogen (secondary N) is 1. The van der Waals surface area contributed by atoms with Crippen molar-refractivity contribution >= 4 is 17.5 Å². The summed E-state index contributed by atoms with van der Waals surface area (Å²) in [7, 11) is 0. The van der Waals surface area contributed by atoms with Gasteiger partial charge in [0.1, 0.15) is 5.82 Å². The van der Waals surface area contributed by atoms with E-state index in [1.54, 1.807) is 12.1 Å². The SMILES string of the molecule is O=C(NCCCOCCCl)c1ccccc1F. The van der Waals surface area contributed by atoms with Crippen LogP contribution in [0.2, 0.25) is 0 Å². The molecule has 0 aliphatic carbocycles. The molecule has 0 spiro atoms. The lowest BCUT2D eigenvalue weighted by atomic mass is 10.2. The summed E-state index contributed by atoms with van der Waals surface area (Å²) in [6.07, 6.45) is 0.678. The summed E-state index contributed by atoms with van der Waals surface area (Å²) < 4.78 is 18.4. The maximum Gasteiger partial charge on any atom is 0.254 e. The Labute approximate surface area is 105 Å². The molecule has 0 atom stereocenters. The zero-order valence-electron chi connectivity index (χ0n) is 9.42. The van der Waals surface area contributed by atoms with Gasteiger partial charge in [0, 0.05) is 19.0 Å². The van der Waals surface area contributed by atoms with E-state index in [1.807, 2.05) is 0 Å². The van der Waals surface area contributed by atoms with Gasteiger partial charge in [-0.3, -0.25) is 4.79 Å². The molecule has 0 radical (unpaired) electrons. The molecule has 0 aromatic heterocycles. The predicted molar refractivity (Wildman–Crippen MR) is 64.9 cm³/mol. The monoisotopic (exact) mass is 259 g/mol. The first-order valence-corrected chi connectivity index (χ1v) is 5.95. The second-order valence-corrected chi connectivity index (χ2v) is 3.77. The molecule has 1 aromatic carbocycles. The van der Waals surface area contributed by atoms with E-state index >= 15 is 0 Å². The van der Waals surface area contributed by atoms with Crippen LogP contribution in [0.5, 0.6) is 0 Å². The maximum absolute atomic E-state index is 13.2. The molecule has 0 heterocycles. The number of carbonyl (C=O) groups excluding carboxylic acids is 1. The fourth-order valence-electron chi connectivity index (χ4n) is 1.27. The van der Waals surface area contributed by atoms with Crippen molar-refractivity contribution in [2.75, 3.05) is 25.6 Å². The van der Waals surface area contributed by atoms with Crippen LogP contribution in [0.3, 0.4) is 0 Å². The van der Waals surface area contributed by atoms with Crippen LogP contribution in [-0.2, 0) is 4.74 Å². The van der Waals surface area contributed by atoms with Gasteiger partial charge >= 0.3 is 0 Å². The molecule has 1 N–H and O–H groups in total. The Morgan fingerprint density at radius 2 is 2.12 bits per heavy atom. The second-order valence-electron chi connectivity index (χ2n) is 3.39. The van der Waals surface area contributed by atoms with Crippen LogP contribution in [0, 0.1) is 5.82 Å². The number of benzene rings is 1. The van der Waals surface area contributed by atoms with E-state index in [1.165, 1.54) is 12.1 Å². The quantitative estimate of drug-likeness (QED) is 0.602. The van der Waals surface area contributed by atoms with E-state index in [0.717, 1.165) is 0 Å². The van der Waals surface area contributed by atoms with Gasteiger partial charge in [-0.25, -0.2) is 4.39 Å². The fourth-order valence-corrected chi connectivity index (χ4v) is 1.38. The third kappa shape index (κ3) is 5.15. The Balaban J connectivity index is 2.24. The smallest absolute Gasteiger partial charge is 0.254 e. The number of hydrogen-bond acceptors (Lipinski definition) is 2. The van der Waals surface area contributed by atoms with Crippen molar-refractivity contribution in [1.29, 1.82) is 0 Å². The van der Waals surface area contributed by atoms with Crippen LogP contribution in [0.1, 0.15) is 16.8 Å². The van der Waals surface area contributed by atoms with E-state index in [9.17, 15) is 9.18 Å². The lowest BCUT2D eigenvalue weighted by Gasteiger charge is -2.06. The van der Waals surface area contributed by atoms with Crippen molar-refractivity contribution in [3.8, 4) is 0 Å². The number of carbonyl (C=O) groups is 1. The first kappa shape index (κ1) is 13.9. The molecule has 0 bridgehead atoms. The summed E-state index contributed by atoms with van der Waals surface area (Å²) in [4.78, 5) is 11.5. The van der Waals surface area contributed by atoms with E-state index in [2.05, 4.69) is 5.32 Å². The molecule has 0 aliphatic heterocycles. The summed E-state index contributed by atoms with van der Waals surface area (Å²) >= 11 is 5.43. The Bertz CT molecular complexity index is 360. The van der Waals surface area contributed by atoms with Gasteiger partial charge in [0.2, 0.25) is 0 Å². The number of halogens is 2. The lowest BCUT2D eigenvalue weighted by Crippen LogP contribution is -2.26. The van der Waals surface area contributed by atoms with Gasteiger partial charge in [-0.05, 0) is 18.6 Å². The lowest BCUT2D eigenvalue weighted by molar-refractivity contribution is 0.0940. The summed E-state index contributed by atoms with van der Waals surface area (Å²) in [5, 5.41) is 2.62. The molecule has 0 saturated heterocycles. The third-order valence-electron chi connectivity index (χ3n) is 2.09. The van der Waals surface area contributed by atoms with E-state index in [4.69, 9.17) is 16.3 Å². The summed E-state index contributed by atoms with van der Waals surface area (Å²) in [5.41, 5.74) is 0.0641. The molecule has 1 aromatic rings. The number of ether oxygens (including phenoxy) is 1. The van der Waals surface area contributed by atoms with Crippen LogP contribution in [0.4, 0.5) is 4.39 Å². The first-order valence-electron chi connectivity index (χ1n) is 5.42. The highest BCUT2D eigenvalue weighted by Crippen LogP contribution is 2.05. The van der Waals surface area contributed by atoms with E-state index in [-0.39, 0.29) is 5.56 Å². The van der Waals surface area contributed by atoms with E-state index < -0.39 is 11.7 Å². The Hall–Kier alpha value is -1.13. The van der Waals surface area contributed by atoms with Crippen molar-refractivity contribution in [3.05, 3.63) is 35.6 Å².